The number of imidazole rings is 1. The molecule has 0 aliphatic heterocycles. The Balaban J connectivity index is 2.08. The lowest BCUT2D eigenvalue weighted by molar-refractivity contribution is -0.390. The van der Waals surface area contributed by atoms with Crippen LogP contribution < -0.4 is 10.5 Å². The molecule has 0 amide bonds. The first kappa shape index (κ1) is 11.8. The Kier molecular flexibility index (Phi) is 3.01. The Morgan fingerprint density at radius 1 is 1.65 bits per heavy atom. The van der Waals surface area contributed by atoms with E-state index in [1.54, 1.807) is 7.05 Å². The highest BCUT2D eigenvalue weighted by Crippen LogP contribution is 2.30. The third-order valence-corrected chi connectivity index (χ3v) is 3.13. The highest BCUT2D eigenvalue weighted by atomic mass is 16.6. The SMILES string of the molecule is Cn1cnc([N+](=O)[O-])c1OCC1(N)CCCC1. The standard InChI is InChI=1S/C10H16N4O3/c1-13-7-12-8(14(15)16)9(13)17-6-10(11)4-2-3-5-10/h7H,2-6,11H2,1H3. The average molecular weight is 240 g/mol. The number of nitrogens with zero attached hydrogens (tertiary/aromatic N) is 3. The Labute approximate surface area is 98.7 Å². The van der Waals surface area contributed by atoms with Gasteiger partial charge in [0, 0.05) is 7.05 Å². The van der Waals surface area contributed by atoms with E-state index < -0.39 is 4.92 Å². The monoisotopic (exact) mass is 240 g/mol. The molecule has 0 radical (unpaired) electrons. The minimum absolute atomic E-state index is 0.173. The van der Waals surface area contributed by atoms with Gasteiger partial charge in [0.25, 0.3) is 5.88 Å². The summed E-state index contributed by atoms with van der Waals surface area (Å²) >= 11 is 0. The number of nitrogens with two attached hydrogens (primary N) is 1. The zero-order valence-corrected chi connectivity index (χ0v) is 9.76. The molecule has 7 heteroatoms. The van der Waals surface area contributed by atoms with Crippen molar-refractivity contribution in [2.24, 2.45) is 12.8 Å². The van der Waals surface area contributed by atoms with E-state index in [-0.39, 0.29) is 17.2 Å². The van der Waals surface area contributed by atoms with Crippen LogP contribution in [0.5, 0.6) is 5.88 Å². The van der Waals surface area contributed by atoms with Crippen LogP contribution in [0.1, 0.15) is 25.7 Å². The second kappa shape index (κ2) is 4.33. The maximum atomic E-state index is 10.7. The third-order valence-electron chi connectivity index (χ3n) is 3.13. The summed E-state index contributed by atoms with van der Waals surface area (Å²) < 4.78 is 6.99. The van der Waals surface area contributed by atoms with Crippen molar-refractivity contribution in [3.63, 3.8) is 0 Å². The number of aryl methyl sites for hydroxylation is 1. The molecular weight excluding hydrogens is 224 g/mol. The molecule has 94 valence electrons. The lowest BCUT2D eigenvalue weighted by Gasteiger charge is -2.22. The first-order valence-corrected chi connectivity index (χ1v) is 5.59. The molecule has 0 unspecified atom stereocenters. The van der Waals surface area contributed by atoms with Gasteiger partial charge in [-0.25, -0.2) is 0 Å². The van der Waals surface area contributed by atoms with Crippen LogP contribution in [0.15, 0.2) is 6.33 Å². The summed E-state index contributed by atoms with van der Waals surface area (Å²) in [4.78, 5) is 13.9. The molecule has 2 N–H and O–H groups in total. The Bertz CT molecular complexity index is 423. The van der Waals surface area contributed by atoms with Crippen LogP contribution in [0.4, 0.5) is 5.82 Å². The molecular formula is C10H16N4O3. The average Bonchev–Trinajstić information content (AvgIpc) is 2.83. The van der Waals surface area contributed by atoms with E-state index in [9.17, 15) is 10.1 Å². The van der Waals surface area contributed by atoms with Gasteiger partial charge in [-0.3, -0.25) is 4.57 Å². The number of hydrogen-bond acceptors (Lipinski definition) is 5. The van der Waals surface area contributed by atoms with Crippen molar-refractivity contribution < 1.29 is 9.66 Å². The molecule has 1 heterocycles. The number of ether oxygens (including phenoxy) is 1. The highest BCUT2D eigenvalue weighted by molar-refractivity contribution is 5.33. The zero-order valence-electron chi connectivity index (χ0n) is 9.76. The lowest BCUT2D eigenvalue weighted by atomic mass is 10.0. The summed E-state index contributed by atoms with van der Waals surface area (Å²) in [5.41, 5.74) is 5.78. The van der Waals surface area contributed by atoms with Crippen molar-refractivity contribution >= 4 is 5.82 Å². The molecule has 1 fully saturated rings. The van der Waals surface area contributed by atoms with E-state index in [2.05, 4.69) is 4.98 Å². The number of aromatic nitrogens is 2. The largest absolute Gasteiger partial charge is 0.471 e. The van der Waals surface area contributed by atoms with Crippen LogP contribution in [0.2, 0.25) is 0 Å². The Morgan fingerprint density at radius 3 is 2.88 bits per heavy atom. The normalized spacial score (nSPS) is 18.2. The maximum Gasteiger partial charge on any atom is 0.426 e. The van der Waals surface area contributed by atoms with Gasteiger partial charge in [-0.1, -0.05) is 12.8 Å². The van der Waals surface area contributed by atoms with Crippen molar-refractivity contribution in [3.05, 3.63) is 16.4 Å². The summed E-state index contributed by atoms with van der Waals surface area (Å²) in [6.45, 7) is 0.299. The first-order chi connectivity index (χ1) is 8.02. The smallest absolute Gasteiger partial charge is 0.426 e. The van der Waals surface area contributed by atoms with Gasteiger partial charge in [0.2, 0.25) is 6.33 Å². The minimum atomic E-state index is -0.548. The minimum Gasteiger partial charge on any atom is -0.471 e. The van der Waals surface area contributed by atoms with Crippen molar-refractivity contribution in [1.82, 2.24) is 9.55 Å². The van der Waals surface area contributed by atoms with Crippen molar-refractivity contribution in [2.45, 2.75) is 31.2 Å². The maximum absolute atomic E-state index is 10.7. The highest BCUT2D eigenvalue weighted by Gasteiger charge is 2.32. The summed E-state index contributed by atoms with van der Waals surface area (Å²) in [7, 11) is 1.66. The van der Waals surface area contributed by atoms with E-state index in [0.29, 0.717) is 6.61 Å². The Hall–Kier alpha value is -1.63. The van der Waals surface area contributed by atoms with Crippen LogP contribution in [0.25, 0.3) is 0 Å². The van der Waals surface area contributed by atoms with E-state index >= 15 is 0 Å². The molecule has 1 aromatic rings. The molecule has 0 spiro atoms. The third kappa shape index (κ3) is 2.38. The number of hydrogen-bond donors (Lipinski definition) is 1. The molecule has 0 atom stereocenters. The van der Waals surface area contributed by atoms with Gasteiger partial charge < -0.3 is 20.6 Å². The topological polar surface area (TPSA) is 96.2 Å². The Morgan fingerprint density at radius 2 is 2.29 bits per heavy atom. The summed E-state index contributed by atoms with van der Waals surface area (Å²) in [5, 5.41) is 10.7. The predicted octanol–water partition coefficient (Wildman–Crippen LogP) is 0.979. The predicted molar refractivity (Wildman–Crippen MR) is 60.7 cm³/mol. The van der Waals surface area contributed by atoms with Gasteiger partial charge >= 0.3 is 5.82 Å². The fourth-order valence-electron chi connectivity index (χ4n) is 2.13. The molecule has 1 aliphatic carbocycles. The van der Waals surface area contributed by atoms with Gasteiger partial charge in [-0.05, 0) is 22.7 Å². The van der Waals surface area contributed by atoms with E-state index in [4.69, 9.17) is 10.5 Å². The molecule has 0 bridgehead atoms. The number of nitro groups is 1. The van der Waals surface area contributed by atoms with Crippen LogP contribution in [0, 0.1) is 10.1 Å². The van der Waals surface area contributed by atoms with Gasteiger partial charge in [0.15, 0.2) is 0 Å². The molecule has 1 aliphatic rings. The van der Waals surface area contributed by atoms with Crippen molar-refractivity contribution in [1.29, 1.82) is 0 Å². The quantitative estimate of drug-likeness (QED) is 0.625. The molecule has 1 aromatic heterocycles. The van der Waals surface area contributed by atoms with Gasteiger partial charge in [0.05, 0.1) is 5.54 Å². The first-order valence-electron chi connectivity index (χ1n) is 5.59. The molecule has 7 nitrogen and oxygen atoms in total. The second-order valence-corrected chi connectivity index (χ2v) is 4.60. The van der Waals surface area contributed by atoms with Crippen molar-refractivity contribution in [3.8, 4) is 5.88 Å². The van der Waals surface area contributed by atoms with Crippen LogP contribution in [-0.2, 0) is 7.05 Å². The van der Waals surface area contributed by atoms with Crippen molar-refractivity contribution in [2.75, 3.05) is 6.61 Å². The van der Waals surface area contributed by atoms with Crippen LogP contribution >= 0.6 is 0 Å². The van der Waals surface area contributed by atoms with Gasteiger partial charge in [-0.15, -0.1) is 0 Å². The molecule has 0 aromatic carbocycles. The van der Waals surface area contributed by atoms with Crippen LogP contribution in [0.3, 0.4) is 0 Å². The van der Waals surface area contributed by atoms with Gasteiger partial charge in [0.1, 0.15) is 6.61 Å². The van der Waals surface area contributed by atoms with Gasteiger partial charge in [-0.2, -0.15) is 0 Å². The van der Waals surface area contributed by atoms with E-state index in [1.165, 1.54) is 10.9 Å². The second-order valence-electron chi connectivity index (χ2n) is 4.60. The van der Waals surface area contributed by atoms with E-state index in [0.717, 1.165) is 25.7 Å². The fraction of sp³-hybridized carbons (Fsp3) is 0.700. The lowest BCUT2D eigenvalue weighted by Crippen LogP contribution is -2.42. The molecule has 17 heavy (non-hydrogen) atoms. The molecule has 0 saturated heterocycles. The summed E-state index contributed by atoms with van der Waals surface area (Å²) in [5.74, 6) is -0.0826. The molecule has 1 saturated carbocycles. The summed E-state index contributed by atoms with van der Waals surface area (Å²) in [6.07, 6.45) is 5.35. The van der Waals surface area contributed by atoms with E-state index in [1.807, 2.05) is 0 Å². The fourth-order valence-corrected chi connectivity index (χ4v) is 2.13. The summed E-state index contributed by atoms with van der Waals surface area (Å²) in [6, 6.07) is 0. The number of rotatable bonds is 4. The zero-order chi connectivity index (χ0) is 12.5. The molecule has 2 rings (SSSR count). The van der Waals surface area contributed by atoms with Crippen LogP contribution in [-0.4, -0.2) is 26.6 Å².